The quantitative estimate of drug-likeness (QED) is 0.834. The largest absolute Gasteiger partial charge is 0.354 e. The van der Waals surface area contributed by atoms with Crippen molar-refractivity contribution in [3.63, 3.8) is 0 Å². The van der Waals surface area contributed by atoms with Crippen LogP contribution in [0.1, 0.15) is 38.3 Å². The predicted molar refractivity (Wildman–Crippen MR) is 91.3 cm³/mol. The van der Waals surface area contributed by atoms with E-state index in [0.717, 1.165) is 24.0 Å². The third-order valence-corrected chi connectivity index (χ3v) is 3.75. The fraction of sp³-hybridized carbons (Fsp3) is 0.389. The van der Waals surface area contributed by atoms with Crippen molar-refractivity contribution in [3.05, 3.63) is 52.3 Å². The zero-order valence-corrected chi connectivity index (χ0v) is 13.9. The number of carbonyl (C=O) groups excluding carboxylic acids is 1. The molecule has 0 radical (unpaired) electrons. The number of benzene rings is 1. The van der Waals surface area contributed by atoms with Gasteiger partial charge in [-0.2, -0.15) is 5.10 Å². The van der Waals surface area contributed by atoms with Gasteiger partial charge in [0.25, 0.3) is 5.56 Å². The third-order valence-electron chi connectivity index (χ3n) is 3.75. The van der Waals surface area contributed by atoms with Crippen LogP contribution in [0.3, 0.4) is 0 Å². The highest BCUT2D eigenvalue weighted by Crippen LogP contribution is 2.16. The molecule has 0 spiro atoms. The van der Waals surface area contributed by atoms with Crippen molar-refractivity contribution in [2.24, 2.45) is 0 Å². The van der Waals surface area contributed by atoms with E-state index in [-0.39, 0.29) is 11.5 Å². The van der Waals surface area contributed by atoms with Gasteiger partial charge < -0.3 is 5.32 Å². The first kappa shape index (κ1) is 16.9. The summed E-state index contributed by atoms with van der Waals surface area (Å²) in [5.41, 5.74) is 2.48. The molecule has 1 aromatic heterocycles. The minimum atomic E-state index is -0.634. The Bertz CT molecular complexity index is 720. The Morgan fingerprint density at radius 1 is 1.22 bits per heavy atom. The highest BCUT2D eigenvalue weighted by Gasteiger charge is 2.17. The van der Waals surface area contributed by atoms with Crippen LogP contribution in [0.2, 0.25) is 0 Å². The van der Waals surface area contributed by atoms with Gasteiger partial charge in [-0.15, -0.1) is 0 Å². The second-order valence-electron chi connectivity index (χ2n) is 5.69. The number of nitrogens with one attached hydrogen (secondary N) is 1. The Hall–Kier alpha value is -2.43. The van der Waals surface area contributed by atoms with E-state index in [4.69, 9.17) is 0 Å². The molecule has 0 aliphatic heterocycles. The molecule has 5 nitrogen and oxygen atoms in total. The first-order valence-corrected chi connectivity index (χ1v) is 7.97. The van der Waals surface area contributed by atoms with Crippen LogP contribution in [-0.2, 0) is 4.79 Å². The van der Waals surface area contributed by atoms with Crippen LogP contribution in [0.4, 0.5) is 0 Å². The van der Waals surface area contributed by atoms with Crippen LogP contribution < -0.4 is 10.9 Å². The van der Waals surface area contributed by atoms with Crippen LogP contribution in [-0.4, -0.2) is 22.2 Å². The summed E-state index contributed by atoms with van der Waals surface area (Å²) in [6, 6.07) is 10.4. The first-order chi connectivity index (χ1) is 11.0. The van der Waals surface area contributed by atoms with Gasteiger partial charge in [0.05, 0.1) is 5.69 Å². The maximum Gasteiger partial charge on any atom is 0.267 e. The lowest BCUT2D eigenvalue weighted by Crippen LogP contribution is -2.37. The van der Waals surface area contributed by atoms with Gasteiger partial charge in [0.1, 0.15) is 6.04 Å². The highest BCUT2D eigenvalue weighted by atomic mass is 16.2. The van der Waals surface area contributed by atoms with E-state index >= 15 is 0 Å². The van der Waals surface area contributed by atoms with Crippen LogP contribution in [0, 0.1) is 6.92 Å². The molecule has 23 heavy (non-hydrogen) atoms. The maximum absolute atomic E-state index is 12.2. The van der Waals surface area contributed by atoms with Crippen molar-refractivity contribution in [2.45, 2.75) is 39.7 Å². The van der Waals surface area contributed by atoms with Crippen molar-refractivity contribution in [3.8, 4) is 11.3 Å². The zero-order valence-electron chi connectivity index (χ0n) is 13.9. The number of nitrogens with zero attached hydrogens (tertiary/aromatic N) is 2. The molecule has 5 heteroatoms. The number of aryl methyl sites for hydroxylation is 1. The molecule has 1 amide bonds. The zero-order chi connectivity index (χ0) is 16.8. The minimum Gasteiger partial charge on any atom is -0.354 e. The summed E-state index contributed by atoms with van der Waals surface area (Å²) in [6.07, 6.45) is 1.93. The molecule has 0 bridgehead atoms. The summed E-state index contributed by atoms with van der Waals surface area (Å²) in [5, 5.41) is 7.20. The highest BCUT2D eigenvalue weighted by molar-refractivity contribution is 5.79. The number of rotatable bonds is 6. The Morgan fingerprint density at radius 3 is 2.57 bits per heavy atom. The second kappa shape index (κ2) is 7.72. The molecule has 2 rings (SSSR count). The standard InChI is InChI=1S/C18H23N3O2/c1-4-5-12-19-18(23)14(3)21-17(22)11-10-16(20-21)15-8-6-13(2)7-9-15/h6-11,14H,4-5,12H2,1-3H3,(H,19,23). The number of aromatic nitrogens is 2. The lowest BCUT2D eigenvalue weighted by atomic mass is 10.1. The normalized spacial score (nSPS) is 12.0. The molecule has 1 heterocycles. The molecule has 0 saturated carbocycles. The van der Waals surface area contributed by atoms with Gasteiger partial charge in [0, 0.05) is 18.2 Å². The molecule has 0 fully saturated rings. The lowest BCUT2D eigenvalue weighted by molar-refractivity contribution is -0.124. The van der Waals surface area contributed by atoms with Gasteiger partial charge in [-0.05, 0) is 26.3 Å². The third kappa shape index (κ3) is 4.28. The summed E-state index contributed by atoms with van der Waals surface area (Å²) in [6.45, 7) is 6.38. The van der Waals surface area contributed by atoms with E-state index in [0.29, 0.717) is 12.2 Å². The predicted octanol–water partition coefficient (Wildman–Crippen LogP) is 2.70. The van der Waals surface area contributed by atoms with E-state index in [9.17, 15) is 9.59 Å². The average Bonchev–Trinajstić information content (AvgIpc) is 2.55. The van der Waals surface area contributed by atoms with Crippen LogP contribution >= 0.6 is 0 Å². The van der Waals surface area contributed by atoms with Crippen LogP contribution in [0.5, 0.6) is 0 Å². The lowest BCUT2D eigenvalue weighted by Gasteiger charge is -2.15. The molecule has 1 N–H and O–H groups in total. The number of carbonyl (C=O) groups is 1. The molecular weight excluding hydrogens is 290 g/mol. The van der Waals surface area contributed by atoms with Gasteiger partial charge in [-0.1, -0.05) is 43.2 Å². The van der Waals surface area contributed by atoms with Crippen molar-refractivity contribution < 1.29 is 4.79 Å². The number of hydrogen-bond acceptors (Lipinski definition) is 3. The number of hydrogen-bond donors (Lipinski definition) is 1. The summed E-state index contributed by atoms with van der Waals surface area (Å²) in [5.74, 6) is -0.186. The Balaban J connectivity index is 2.25. The SMILES string of the molecule is CCCCNC(=O)C(C)n1nc(-c2ccc(C)cc2)ccc1=O. The monoisotopic (exact) mass is 313 g/mol. The van der Waals surface area contributed by atoms with Gasteiger partial charge in [-0.25, -0.2) is 4.68 Å². The Labute approximate surface area is 136 Å². The van der Waals surface area contributed by atoms with Gasteiger partial charge in [0.15, 0.2) is 0 Å². The number of unbranched alkanes of at least 4 members (excludes halogenated alkanes) is 1. The summed E-state index contributed by atoms with van der Waals surface area (Å²) in [4.78, 5) is 24.2. The molecule has 122 valence electrons. The van der Waals surface area contributed by atoms with Crippen LogP contribution in [0.15, 0.2) is 41.2 Å². The molecule has 0 aliphatic rings. The summed E-state index contributed by atoms with van der Waals surface area (Å²) >= 11 is 0. The van der Waals surface area contributed by atoms with Crippen molar-refractivity contribution >= 4 is 5.91 Å². The molecule has 0 aliphatic carbocycles. The van der Waals surface area contributed by atoms with E-state index in [1.807, 2.05) is 31.2 Å². The maximum atomic E-state index is 12.2. The summed E-state index contributed by atoms with van der Waals surface area (Å²) in [7, 11) is 0. The minimum absolute atomic E-state index is 0.186. The van der Waals surface area contributed by atoms with E-state index in [1.54, 1.807) is 13.0 Å². The van der Waals surface area contributed by atoms with Crippen LogP contribution in [0.25, 0.3) is 11.3 Å². The molecule has 2 aromatic rings. The smallest absolute Gasteiger partial charge is 0.267 e. The van der Waals surface area contributed by atoms with E-state index < -0.39 is 6.04 Å². The van der Waals surface area contributed by atoms with Crippen molar-refractivity contribution in [1.82, 2.24) is 15.1 Å². The Morgan fingerprint density at radius 2 is 1.91 bits per heavy atom. The van der Waals surface area contributed by atoms with Gasteiger partial charge in [0.2, 0.25) is 5.91 Å². The fourth-order valence-corrected chi connectivity index (χ4v) is 2.23. The molecular formula is C18H23N3O2. The van der Waals surface area contributed by atoms with Gasteiger partial charge >= 0.3 is 0 Å². The van der Waals surface area contributed by atoms with Crippen molar-refractivity contribution in [1.29, 1.82) is 0 Å². The Kier molecular flexibility index (Phi) is 5.68. The fourth-order valence-electron chi connectivity index (χ4n) is 2.23. The molecule has 1 unspecified atom stereocenters. The first-order valence-electron chi connectivity index (χ1n) is 7.97. The summed E-state index contributed by atoms with van der Waals surface area (Å²) < 4.78 is 1.25. The van der Waals surface area contributed by atoms with E-state index in [1.165, 1.54) is 10.7 Å². The van der Waals surface area contributed by atoms with Gasteiger partial charge in [-0.3, -0.25) is 9.59 Å². The number of amides is 1. The molecule has 1 aromatic carbocycles. The topological polar surface area (TPSA) is 64.0 Å². The average molecular weight is 313 g/mol. The van der Waals surface area contributed by atoms with Crippen molar-refractivity contribution in [2.75, 3.05) is 6.54 Å². The molecule has 1 atom stereocenters. The van der Waals surface area contributed by atoms with E-state index in [2.05, 4.69) is 17.3 Å². The second-order valence-corrected chi connectivity index (χ2v) is 5.69. The molecule has 0 saturated heterocycles.